The molecule has 1 aromatic rings. The summed E-state index contributed by atoms with van der Waals surface area (Å²) < 4.78 is 83.8. The van der Waals surface area contributed by atoms with Crippen LogP contribution in [0.3, 0.4) is 0 Å². The lowest BCUT2D eigenvalue weighted by Gasteiger charge is -2.20. The number of rotatable bonds is 3. The Bertz CT molecular complexity index is 482. The van der Waals surface area contributed by atoms with Crippen LogP contribution in [0, 0.1) is 0 Å². The van der Waals surface area contributed by atoms with Crippen molar-refractivity contribution in [2.24, 2.45) is 0 Å². The summed E-state index contributed by atoms with van der Waals surface area (Å²) in [5, 5.41) is -5.85. The highest BCUT2D eigenvalue weighted by Crippen LogP contribution is 2.40. The van der Waals surface area contributed by atoms with Gasteiger partial charge in [0.15, 0.2) is 0 Å². The molecule has 0 amide bonds. The lowest BCUT2D eigenvalue weighted by Crippen LogP contribution is -2.46. The third kappa shape index (κ3) is 2.65. The highest BCUT2D eigenvalue weighted by Gasteiger charge is 2.67. The number of nitrogens with one attached hydrogen (secondary N) is 1. The molecular weight excluding hydrogens is 269 g/mol. The topological polar surface area (TPSA) is 46.2 Å². The van der Waals surface area contributed by atoms with E-state index in [0.717, 1.165) is 12.1 Å². The van der Waals surface area contributed by atoms with Crippen molar-refractivity contribution in [3.8, 4) is 0 Å². The lowest BCUT2D eigenvalue weighted by molar-refractivity contribution is -0.241. The van der Waals surface area contributed by atoms with E-state index in [2.05, 4.69) is 0 Å². The van der Waals surface area contributed by atoms with Gasteiger partial charge >= 0.3 is 21.5 Å². The van der Waals surface area contributed by atoms with Crippen LogP contribution in [-0.2, 0) is 10.0 Å². The van der Waals surface area contributed by atoms with Crippen LogP contribution < -0.4 is 4.72 Å². The first-order valence-corrected chi connectivity index (χ1v) is 5.58. The second-order valence-electron chi connectivity index (χ2n) is 2.99. The van der Waals surface area contributed by atoms with Crippen LogP contribution >= 0.6 is 0 Å². The number of hydrogen-bond donors (Lipinski definition) is 1. The fourth-order valence-electron chi connectivity index (χ4n) is 0.878. The van der Waals surface area contributed by atoms with E-state index >= 15 is 0 Å². The zero-order valence-corrected chi connectivity index (χ0v) is 8.82. The molecule has 0 heterocycles. The Morgan fingerprint density at radius 2 is 1.41 bits per heavy atom. The summed E-state index contributed by atoms with van der Waals surface area (Å²) in [6.45, 7) is 0. The minimum atomic E-state index is -6.17. The molecule has 0 aliphatic heterocycles. The van der Waals surface area contributed by atoms with Crippen LogP contribution in [0.4, 0.5) is 27.6 Å². The van der Waals surface area contributed by atoms with E-state index in [1.807, 2.05) is 0 Å². The minimum absolute atomic E-state index is 0.378. The van der Waals surface area contributed by atoms with Gasteiger partial charge in [0.1, 0.15) is 0 Å². The van der Waals surface area contributed by atoms with Gasteiger partial charge in [0.05, 0.1) is 0 Å². The van der Waals surface area contributed by atoms with Crippen molar-refractivity contribution in [2.45, 2.75) is 11.4 Å². The van der Waals surface area contributed by atoms with Gasteiger partial charge in [-0.1, -0.05) is 18.2 Å². The second-order valence-corrected chi connectivity index (χ2v) is 4.71. The van der Waals surface area contributed by atoms with Crippen LogP contribution in [0.25, 0.3) is 0 Å². The van der Waals surface area contributed by atoms with Crippen LogP contribution in [0.2, 0.25) is 0 Å². The molecule has 0 saturated carbocycles. The average molecular weight is 275 g/mol. The molecule has 0 fully saturated rings. The summed E-state index contributed by atoms with van der Waals surface area (Å²) in [5.74, 6) is 0. The van der Waals surface area contributed by atoms with Gasteiger partial charge in [-0.05, 0) is 12.1 Å². The van der Waals surface area contributed by atoms with Crippen molar-refractivity contribution in [1.82, 2.24) is 0 Å². The Hall–Kier alpha value is -1.38. The Morgan fingerprint density at radius 3 is 1.82 bits per heavy atom. The first-order valence-electron chi connectivity index (χ1n) is 4.10. The molecule has 0 aliphatic carbocycles. The third-order valence-corrected chi connectivity index (χ3v) is 3.10. The summed E-state index contributed by atoms with van der Waals surface area (Å²) in [5.41, 5.74) is -0.378. The fraction of sp³-hybridized carbons (Fsp3) is 0.250. The number of alkyl halides is 5. The molecular formula is C8H6F5NO2S. The molecule has 0 saturated heterocycles. The van der Waals surface area contributed by atoms with Crippen LogP contribution in [-0.4, -0.2) is 19.8 Å². The summed E-state index contributed by atoms with van der Waals surface area (Å²) in [6.07, 6.45) is -6.17. The maximum atomic E-state index is 12.6. The summed E-state index contributed by atoms with van der Waals surface area (Å²) in [6, 6.07) is 6.10. The van der Waals surface area contributed by atoms with Crippen LogP contribution in [0.5, 0.6) is 0 Å². The number of sulfonamides is 1. The van der Waals surface area contributed by atoms with E-state index in [1.165, 1.54) is 22.9 Å². The smallest absolute Gasteiger partial charge is 0.278 e. The third-order valence-electron chi connectivity index (χ3n) is 1.69. The largest absolute Gasteiger partial charge is 0.471 e. The molecule has 0 atom stereocenters. The van der Waals surface area contributed by atoms with Gasteiger partial charge in [0.25, 0.3) is 0 Å². The molecule has 0 bridgehead atoms. The van der Waals surface area contributed by atoms with Crippen LogP contribution in [0.1, 0.15) is 0 Å². The highest BCUT2D eigenvalue weighted by molar-refractivity contribution is 7.93. The van der Waals surface area contributed by atoms with Crippen molar-refractivity contribution in [2.75, 3.05) is 4.72 Å². The number of halogens is 5. The number of benzene rings is 1. The normalized spacial score (nSPS) is 13.5. The first kappa shape index (κ1) is 13.7. The van der Waals surface area contributed by atoms with Crippen LogP contribution in [0.15, 0.2) is 30.3 Å². The van der Waals surface area contributed by atoms with E-state index in [9.17, 15) is 30.4 Å². The molecule has 0 spiro atoms. The van der Waals surface area contributed by atoms with E-state index in [0.29, 0.717) is 0 Å². The lowest BCUT2D eigenvalue weighted by atomic mass is 10.3. The van der Waals surface area contributed by atoms with Gasteiger partial charge in [-0.3, -0.25) is 4.72 Å². The van der Waals surface area contributed by atoms with Gasteiger partial charge in [0, 0.05) is 5.69 Å². The molecule has 0 unspecified atom stereocenters. The summed E-state index contributed by atoms with van der Waals surface area (Å²) in [4.78, 5) is 0. The van der Waals surface area contributed by atoms with Crippen molar-refractivity contribution in [3.05, 3.63) is 30.3 Å². The van der Waals surface area contributed by atoms with Crippen molar-refractivity contribution < 1.29 is 30.4 Å². The molecule has 1 N–H and O–H groups in total. The van der Waals surface area contributed by atoms with E-state index in [4.69, 9.17) is 0 Å². The molecule has 0 radical (unpaired) electrons. The average Bonchev–Trinajstić information content (AvgIpc) is 2.16. The highest BCUT2D eigenvalue weighted by atomic mass is 32.2. The van der Waals surface area contributed by atoms with Gasteiger partial charge in [-0.2, -0.15) is 30.4 Å². The summed E-state index contributed by atoms with van der Waals surface area (Å²) >= 11 is 0. The Labute approximate surface area is 93.3 Å². The summed E-state index contributed by atoms with van der Waals surface area (Å²) in [7, 11) is -5.88. The maximum absolute atomic E-state index is 12.6. The van der Waals surface area contributed by atoms with E-state index in [-0.39, 0.29) is 5.69 Å². The minimum Gasteiger partial charge on any atom is -0.278 e. The van der Waals surface area contributed by atoms with Gasteiger partial charge in [-0.15, -0.1) is 0 Å². The van der Waals surface area contributed by atoms with Crippen molar-refractivity contribution in [3.63, 3.8) is 0 Å². The van der Waals surface area contributed by atoms with Gasteiger partial charge in [-0.25, -0.2) is 0 Å². The predicted molar refractivity (Wildman–Crippen MR) is 50.0 cm³/mol. The molecule has 17 heavy (non-hydrogen) atoms. The molecule has 3 nitrogen and oxygen atoms in total. The molecule has 0 aromatic heterocycles. The second kappa shape index (κ2) is 4.13. The number of hydrogen-bond acceptors (Lipinski definition) is 2. The standard InChI is InChI=1S/C8H6F5NO2S/c9-7(10,11)8(12,13)17(15,16)14-6-4-2-1-3-5-6/h1-5,14H. The molecule has 0 aliphatic rings. The molecule has 96 valence electrons. The first-order chi connectivity index (χ1) is 7.58. The monoisotopic (exact) mass is 275 g/mol. The Balaban J connectivity index is 3.06. The fourth-order valence-corrected chi connectivity index (χ4v) is 1.76. The molecule has 9 heteroatoms. The molecule has 1 rings (SSSR count). The van der Waals surface area contributed by atoms with E-state index < -0.39 is 21.5 Å². The Morgan fingerprint density at radius 1 is 0.941 bits per heavy atom. The predicted octanol–water partition coefficient (Wildman–Crippen LogP) is 2.58. The number of para-hydroxylation sites is 1. The maximum Gasteiger partial charge on any atom is 0.471 e. The zero-order chi connectivity index (χ0) is 13.3. The van der Waals surface area contributed by atoms with Gasteiger partial charge < -0.3 is 0 Å². The van der Waals surface area contributed by atoms with Crippen molar-refractivity contribution >= 4 is 15.7 Å². The molecule has 1 aromatic carbocycles. The van der Waals surface area contributed by atoms with E-state index in [1.54, 1.807) is 0 Å². The van der Waals surface area contributed by atoms with Gasteiger partial charge in [0.2, 0.25) is 0 Å². The number of anilines is 1. The Kier molecular flexibility index (Phi) is 3.33. The van der Waals surface area contributed by atoms with Crippen molar-refractivity contribution in [1.29, 1.82) is 0 Å². The quantitative estimate of drug-likeness (QED) is 0.862. The zero-order valence-electron chi connectivity index (χ0n) is 8.00. The SMILES string of the molecule is O=S(=O)(Nc1ccccc1)C(F)(F)C(F)(F)F.